The Hall–Kier alpha value is -2.28. The van der Waals surface area contributed by atoms with E-state index in [9.17, 15) is 5.11 Å². The van der Waals surface area contributed by atoms with Gasteiger partial charge in [0, 0.05) is 26.4 Å². The fourth-order valence-electron chi connectivity index (χ4n) is 1.93. The van der Waals surface area contributed by atoms with Gasteiger partial charge in [0.25, 0.3) is 0 Å². The predicted molar refractivity (Wildman–Crippen MR) is 75.7 cm³/mol. The van der Waals surface area contributed by atoms with Gasteiger partial charge in [-0.15, -0.1) is 0 Å². The number of ether oxygens (including phenoxy) is 2. The topological polar surface area (TPSA) is 89.6 Å². The molecule has 0 spiro atoms. The summed E-state index contributed by atoms with van der Waals surface area (Å²) >= 11 is 0. The van der Waals surface area contributed by atoms with Crippen LogP contribution in [0.15, 0.2) is 16.7 Å². The number of hydrogen-bond donors (Lipinski definition) is 2. The minimum absolute atomic E-state index is 0.00558. The van der Waals surface area contributed by atoms with E-state index in [1.54, 1.807) is 19.1 Å². The first-order valence-electron chi connectivity index (χ1n) is 6.57. The van der Waals surface area contributed by atoms with Crippen LogP contribution in [0.25, 0.3) is 0 Å². The molecule has 0 unspecified atom stereocenters. The van der Waals surface area contributed by atoms with Crippen LogP contribution in [0.5, 0.6) is 17.2 Å². The Bertz CT molecular complexity index is 573. The van der Waals surface area contributed by atoms with Crippen LogP contribution in [-0.4, -0.2) is 36.0 Å². The van der Waals surface area contributed by atoms with E-state index in [2.05, 4.69) is 15.5 Å². The zero-order valence-corrected chi connectivity index (χ0v) is 12.3. The number of aromatic hydroxyl groups is 1. The third-order valence-electron chi connectivity index (χ3n) is 2.96. The van der Waals surface area contributed by atoms with E-state index in [1.807, 2.05) is 0 Å². The van der Waals surface area contributed by atoms with Crippen molar-refractivity contribution in [3.05, 3.63) is 29.4 Å². The maximum absolute atomic E-state index is 9.84. The Morgan fingerprint density at radius 2 is 1.90 bits per heavy atom. The lowest BCUT2D eigenvalue weighted by Gasteiger charge is -2.11. The highest BCUT2D eigenvalue weighted by Crippen LogP contribution is 2.36. The van der Waals surface area contributed by atoms with Gasteiger partial charge >= 0.3 is 0 Å². The van der Waals surface area contributed by atoms with Gasteiger partial charge in [-0.05, 0) is 17.7 Å². The average Bonchev–Trinajstić information content (AvgIpc) is 2.90. The molecular formula is C14H19N3O4. The van der Waals surface area contributed by atoms with Gasteiger partial charge in [0.1, 0.15) is 0 Å². The molecule has 1 aromatic heterocycles. The van der Waals surface area contributed by atoms with E-state index in [-0.39, 0.29) is 5.75 Å². The molecule has 0 bridgehead atoms. The number of rotatable bonds is 7. The minimum Gasteiger partial charge on any atom is -0.502 e. The van der Waals surface area contributed by atoms with Crippen molar-refractivity contribution < 1.29 is 19.1 Å². The maximum atomic E-state index is 9.84. The van der Waals surface area contributed by atoms with Crippen LogP contribution in [0.3, 0.4) is 0 Å². The maximum Gasteiger partial charge on any atom is 0.223 e. The molecular weight excluding hydrogens is 274 g/mol. The van der Waals surface area contributed by atoms with Crippen LogP contribution < -0.4 is 14.8 Å². The summed E-state index contributed by atoms with van der Waals surface area (Å²) in [5.41, 5.74) is 0.950. The molecule has 21 heavy (non-hydrogen) atoms. The second-order valence-electron chi connectivity index (χ2n) is 4.51. The molecule has 7 heteroatoms. The number of nitrogens with one attached hydrogen (secondary N) is 1. The van der Waals surface area contributed by atoms with Crippen molar-refractivity contribution in [2.24, 2.45) is 0 Å². The molecule has 114 valence electrons. The molecule has 0 amide bonds. The molecule has 2 N–H and O–H groups in total. The first kappa shape index (κ1) is 15.1. The predicted octanol–water partition coefficient (Wildman–Crippen LogP) is 1.43. The smallest absolute Gasteiger partial charge is 0.223 e. The second kappa shape index (κ2) is 6.94. The van der Waals surface area contributed by atoms with Gasteiger partial charge < -0.3 is 24.4 Å². The van der Waals surface area contributed by atoms with Crippen molar-refractivity contribution in [3.63, 3.8) is 0 Å². The third-order valence-corrected chi connectivity index (χ3v) is 2.96. The average molecular weight is 293 g/mol. The van der Waals surface area contributed by atoms with Gasteiger partial charge in [-0.1, -0.05) is 5.16 Å². The zero-order chi connectivity index (χ0) is 15.2. The van der Waals surface area contributed by atoms with Gasteiger partial charge in [0.15, 0.2) is 17.3 Å². The quantitative estimate of drug-likeness (QED) is 0.746. The standard InChI is InChI=1S/C14H19N3O4/c1-9-16-13(17-21-9)4-5-15-8-10-6-11(19-2)14(18)12(7-10)20-3/h6-7,15,18H,4-5,8H2,1-3H3. The number of phenols is 1. The Morgan fingerprint density at radius 3 is 2.43 bits per heavy atom. The highest BCUT2D eigenvalue weighted by atomic mass is 16.5. The van der Waals surface area contributed by atoms with Gasteiger partial charge in [0.2, 0.25) is 11.6 Å². The van der Waals surface area contributed by atoms with Crippen LogP contribution >= 0.6 is 0 Å². The molecule has 1 aromatic carbocycles. The summed E-state index contributed by atoms with van der Waals surface area (Å²) in [4.78, 5) is 4.13. The number of benzene rings is 1. The molecule has 0 fully saturated rings. The van der Waals surface area contributed by atoms with E-state index in [0.29, 0.717) is 42.7 Å². The van der Waals surface area contributed by atoms with E-state index < -0.39 is 0 Å². The molecule has 2 rings (SSSR count). The SMILES string of the molecule is COc1cc(CNCCc2noc(C)n2)cc(OC)c1O. The monoisotopic (exact) mass is 293 g/mol. The molecule has 0 saturated heterocycles. The number of aromatic nitrogens is 2. The summed E-state index contributed by atoms with van der Waals surface area (Å²) in [6, 6.07) is 3.53. The van der Waals surface area contributed by atoms with E-state index >= 15 is 0 Å². The van der Waals surface area contributed by atoms with Crippen molar-refractivity contribution in [2.75, 3.05) is 20.8 Å². The van der Waals surface area contributed by atoms with Gasteiger partial charge in [0.05, 0.1) is 14.2 Å². The summed E-state index contributed by atoms with van der Waals surface area (Å²) in [6.45, 7) is 3.09. The van der Waals surface area contributed by atoms with Crippen LogP contribution in [0.1, 0.15) is 17.3 Å². The van der Waals surface area contributed by atoms with Gasteiger partial charge in [-0.2, -0.15) is 4.98 Å². The Labute approximate surface area is 122 Å². The van der Waals surface area contributed by atoms with Crippen molar-refractivity contribution in [3.8, 4) is 17.2 Å². The summed E-state index contributed by atoms with van der Waals surface area (Å²) in [7, 11) is 3.01. The fourth-order valence-corrected chi connectivity index (χ4v) is 1.93. The van der Waals surface area contributed by atoms with Crippen LogP contribution in [-0.2, 0) is 13.0 Å². The molecule has 0 aliphatic rings. The second-order valence-corrected chi connectivity index (χ2v) is 4.51. The minimum atomic E-state index is 0.00558. The van der Waals surface area contributed by atoms with E-state index in [1.165, 1.54) is 14.2 Å². The number of phenolic OH excluding ortho intramolecular Hbond substituents is 1. The molecule has 1 heterocycles. The van der Waals surface area contributed by atoms with Crippen molar-refractivity contribution in [1.29, 1.82) is 0 Å². The fraction of sp³-hybridized carbons (Fsp3) is 0.429. The Morgan fingerprint density at radius 1 is 1.24 bits per heavy atom. The lowest BCUT2D eigenvalue weighted by Crippen LogP contribution is -2.17. The van der Waals surface area contributed by atoms with E-state index in [4.69, 9.17) is 14.0 Å². The molecule has 0 aliphatic carbocycles. The lowest BCUT2D eigenvalue weighted by molar-refractivity contribution is 0.339. The number of methoxy groups -OCH3 is 2. The Balaban J connectivity index is 1.90. The van der Waals surface area contributed by atoms with Gasteiger partial charge in [-0.3, -0.25) is 0 Å². The molecule has 7 nitrogen and oxygen atoms in total. The lowest BCUT2D eigenvalue weighted by atomic mass is 10.2. The van der Waals surface area contributed by atoms with Crippen molar-refractivity contribution >= 4 is 0 Å². The summed E-state index contributed by atoms with van der Waals surface area (Å²) in [5.74, 6) is 2.03. The molecule has 0 radical (unpaired) electrons. The molecule has 2 aromatic rings. The first-order valence-corrected chi connectivity index (χ1v) is 6.57. The van der Waals surface area contributed by atoms with Crippen LogP contribution in [0.4, 0.5) is 0 Å². The number of nitrogens with zero attached hydrogens (tertiary/aromatic N) is 2. The van der Waals surface area contributed by atoms with Crippen LogP contribution in [0.2, 0.25) is 0 Å². The third kappa shape index (κ3) is 3.85. The zero-order valence-electron chi connectivity index (χ0n) is 12.3. The normalized spacial score (nSPS) is 10.6. The highest BCUT2D eigenvalue weighted by Gasteiger charge is 2.11. The van der Waals surface area contributed by atoms with Crippen LogP contribution in [0, 0.1) is 6.92 Å². The number of aryl methyl sites for hydroxylation is 1. The molecule has 0 atom stereocenters. The van der Waals surface area contributed by atoms with Crippen molar-refractivity contribution in [1.82, 2.24) is 15.5 Å². The highest BCUT2D eigenvalue weighted by molar-refractivity contribution is 5.52. The van der Waals surface area contributed by atoms with Gasteiger partial charge in [-0.25, -0.2) is 0 Å². The summed E-state index contributed by atoms with van der Waals surface area (Å²) in [5, 5.41) is 16.9. The largest absolute Gasteiger partial charge is 0.502 e. The summed E-state index contributed by atoms with van der Waals surface area (Å²) in [6.07, 6.45) is 0.684. The number of hydrogen-bond acceptors (Lipinski definition) is 7. The first-order chi connectivity index (χ1) is 10.1. The Kier molecular flexibility index (Phi) is 4.99. The molecule has 0 aliphatic heterocycles. The molecule has 0 saturated carbocycles. The van der Waals surface area contributed by atoms with Crippen molar-refractivity contribution in [2.45, 2.75) is 19.9 Å². The summed E-state index contributed by atoms with van der Waals surface area (Å²) < 4.78 is 15.1. The van der Waals surface area contributed by atoms with E-state index in [0.717, 1.165) is 5.56 Å².